The van der Waals surface area contributed by atoms with Crippen LogP contribution in [0.3, 0.4) is 0 Å². The van der Waals surface area contributed by atoms with Crippen LogP contribution in [0.2, 0.25) is 0 Å². The number of carbonyl (C=O) groups is 3. The van der Waals surface area contributed by atoms with Crippen LogP contribution in [0.4, 0.5) is 5.69 Å². The lowest BCUT2D eigenvalue weighted by Gasteiger charge is -2.41. The van der Waals surface area contributed by atoms with Gasteiger partial charge in [-0.3, -0.25) is 19.7 Å². The zero-order chi connectivity index (χ0) is 17.5. The Morgan fingerprint density at radius 3 is 2.46 bits per heavy atom. The average molecular weight is 332 g/mol. The zero-order valence-electron chi connectivity index (χ0n) is 12.5. The number of rotatable bonds is 5. The standard InChI is InChI=1S/C16H16N2O6/c19-12(20)5-6-16(15(23)24)13-9(7-11(18-16)14(21)22)8-3-1-2-4-10(8)17-13/h1-4,7,11,13,17-18H,5-6H2,(H,19,20)(H,21,22)(H,23,24)/t11-,13?,16-/m0/s1. The van der Waals surface area contributed by atoms with E-state index in [-0.39, 0.29) is 6.42 Å². The lowest BCUT2D eigenvalue weighted by molar-refractivity contribution is -0.148. The van der Waals surface area contributed by atoms with E-state index in [0.717, 1.165) is 5.56 Å². The molecule has 0 fully saturated rings. The lowest BCUT2D eigenvalue weighted by atomic mass is 9.77. The molecule has 0 radical (unpaired) electrons. The van der Waals surface area contributed by atoms with Gasteiger partial charge in [0.15, 0.2) is 0 Å². The van der Waals surface area contributed by atoms with Gasteiger partial charge in [0.25, 0.3) is 0 Å². The second-order valence-electron chi connectivity index (χ2n) is 5.88. The fourth-order valence-electron chi connectivity index (χ4n) is 3.35. The number of para-hydroxylation sites is 1. The molecular weight excluding hydrogens is 316 g/mol. The van der Waals surface area contributed by atoms with Crippen LogP contribution in [-0.4, -0.2) is 50.9 Å². The zero-order valence-corrected chi connectivity index (χ0v) is 12.5. The monoisotopic (exact) mass is 332 g/mol. The van der Waals surface area contributed by atoms with Crippen LogP contribution < -0.4 is 10.6 Å². The molecule has 2 aliphatic rings. The van der Waals surface area contributed by atoms with Crippen LogP contribution in [-0.2, 0) is 14.4 Å². The first-order valence-corrected chi connectivity index (χ1v) is 7.38. The minimum absolute atomic E-state index is 0.246. The van der Waals surface area contributed by atoms with Crippen LogP contribution in [0.5, 0.6) is 0 Å². The van der Waals surface area contributed by atoms with Crippen molar-refractivity contribution in [2.24, 2.45) is 0 Å². The third kappa shape index (κ3) is 2.41. The van der Waals surface area contributed by atoms with Gasteiger partial charge >= 0.3 is 17.9 Å². The molecule has 24 heavy (non-hydrogen) atoms. The van der Waals surface area contributed by atoms with E-state index in [1.54, 1.807) is 24.3 Å². The summed E-state index contributed by atoms with van der Waals surface area (Å²) >= 11 is 0. The quantitative estimate of drug-likeness (QED) is 0.529. The summed E-state index contributed by atoms with van der Waals surface area (Å²) in [4.78, 5) is 34.5. The maximum atomic E-state index is 12.0. The van der Waals surface area contributed by atoms with Crippen molar-refractivity contribution in [3.05, 3.63) is 35.9 Å². The van der Waals surface area contributed by atoms with Crippen LogP contribution in [0.1, 0.15) is 18.4 Å². The van der Waals surface area contributed by atoms with Gasteiger partial charge in [-0.15, -0.1) is 0 Å². The van der Waals surface area contributed by atoms with Gasteiger partial charge in [0.05, 0.1) is 6.04 Å². The fourth-order valence-corrected chi connectivity index (χ4v) is 3.35. The molecule has 2 aliphatic heterocycles. The van der Waals surface area contributed by atoms with Gasteiger partial charge in [0.1, 0.15) is 11.6 Å². The summed E-state index contributed by atoms with van der Waals surface area (Å²) in [5.74, 6) is -3.65. The Morgan fingerprint density at radius 2 is 1.83 bits per heavy atom. The molecule has 0 saturated heterocycles. The number of aliphatic carboxylic acids is 3. The van der Waals surface area contributed by atoms with Crippen molar-refractivity contribution in [3.8, 4) is 0 Å². The van der Waals surface area contributed by atoms with E-state index < -0.39 is 42.0 Å². The smallest absolute Gasteiger partial charge is 0.326 e. The molecule has 0 aromatic heterocycles. The first-order chi connectivity index (χ1) is 11.3. The summed E-state index contributed by atoms with van der Waals surface area (Å²) in [7, 11) is 0. The predicted molar refractivity (Wildman–Crippen MR) is 83.6 cm³/mol. The van der Waals surface area contributed by atoms with Gasteiger partial charge in [-0.05, 0) is 18.1 Å². The molecule has 0 amide bonds. The Balaban J connectivity index is 2.11. The van der Waals surface area contributed by atoms with E-state index in [1.165, 1.54) is 6.08 Å². The topological polar surface area (TPSA) is 136 Å². The number of anilines is 1. The highest BCUT2D eigenvalue weighted by Crippen LogP contribution is 2.43. The number of nitrogens with one attached hydrogen (secondary N) is 2. The minimum atomic E-state index is -1.73. The summed E-state index contributed by atoms with van der Waals surface area (Å²) in [5, 5.41) is 33.9. The van der Waals surface area contributed by atoms with Crippen LogP contribution in [0.25, 0.3) is 5.57 Å². The van der Waals surface area contributed by atoms with E-state index in [1.807, 2.05) is 0 Å². The van der Waals surface area contributed by atoms with E-state index in [2.05, 4.69) is 10.6 Å². The second kappa shape index (κ2) is 5.64. The number of carboxylic acids is 3. The second-order valence-corrected chi connectivity index (χ2v) is 5.88. The van der Waals surface area contributed by atoms with Crippen molar-refractivity contribution in [2.45, 2.75) is 30.5 Å². The molecule has 0 bridgehead atoms. The van der Waals surface area contributed by atoms with Gasteiger partial charge in [0.2, 0.25) is 0 Å². The van der Waals surface area contributed by atoms with Crippen LogP contribution in [0.15, 0.2) is 30.3 Å². The van der Waals surface area contributed by atoms with Crippen molar-refractivity contribution < 1.29 is 29.7 Å². The molecule has 0 aliphatic carbocycles. The molecular formula is C16H16N2O6. The van der Waals surface area contributed by atoms with Gasteiger partial charge in [-0.1, -0.05) is 24.3 Å². The molecule has 1 aromatic rings. The van der Waals surface area contributed by atoms with Gasteiger partial charge in [0, 0.05) is 17.7 Å². The molecule has 1 unspecified atom stereocenters. The highest BCUT2D eigenvalue weighted by Gasteiger charge is 2.54. The third-order valence-electron chi connectivity index (χ3n) is 4.48. The Morgan fingerprint density at radius 1 is 1.12 bits per heavy atom. The molecule has 2 heterocycles. The van der Waals surface area contributed by atoms with Crippen LogP contribution >= 0.6 is 0 Å². The van der Waals surface area contributed by atoms with Gasteiger partial charge < -0.3 is 20.6 Å². The van der Waals surface area contributed by atoms with Crippen molar-refractivity contribution >= 4 is 29.2 Å². The van der Waals surface area contributed by atoms with E-state index >= 15 is 0 Å². The summed E-state index contributed by atoms with van der Waals surface area (Å²) in [5.41, 5.74) is 0.258. The summed E-state index contributed by atoms with van der Waals surface area (Å²) in [6, 6.07) is 5.15. The summed E-state index contributed by atoms with van der Waals surface area (Å²) in [6.45, 7) is 0. The Labute approximate surface area is 136 Å². The third-order valence-corrected chi connectivity index (χ3v) is 4.48. The van der Waals surface area contributed by atoms with E-state index in [0.29, 0.717) is 11.3 Å². The summed E-state index contributed by atoms with van der Waals surface area (Å²) in [6.07, 6.45) is 0.839. The normalized spacial score (nSPS) is 27.4. The Hall–Kier alpha value is -2.87. The number of hydrogen-bond acceptors (Lipinski definition) is 5. The van der Waals surface area contributed by atoms with Crippen molar-refractivity contribution in [1.82, 2.24) is 5.32 Å². The van der Waals surface area contributed by atoms with Gasteiger partial charge in [-0.25, -0.2) is 0 Å². The first-order valence-electron chi connectivity index (χ1n) is 7.38. The predicted octanol–water partition coefficient (Wildman–Crippen LogP) is 0.609. The highest BCUT2D eigenvalue weighted by molar-refractivity contribution is 5.98. The fraction of sp³-hybridized carbons (Fsp3) is 0.312. The van der Waals surface area contributed by atoms with Gasteiger partial charge in [-0.2, -0.15) is 0 Å². The highest BCUT2D eigenvalue weighted by atomic mass is 16.4. The molecule has 126 valence electrons. The van der Waals surface area contributed by atoms with E-state index in [9.17, 15) is 24.6 Å². The summed E-state index contributed by atoms with van der Waals surface area (Å²) < 4.78 is 0. The largest absolute Gasteiger partial charge is 0.481 e. The first kappa shape index (κ1) is 16.0. The number of carboxylic acid groups (broad SMARTS) is 3. The number of hydrogen-bond donors (Lipinski definition) is 5. The molecule has 1 aromatic carbocycles. The maximum Gasteiger partial charge on any atom is 0.326 e. The number of fused-ring (bicyclic) bond motifs is 3. The SMILES string of the molecule is O=C(O)CC[C@]1(C(=O)O)N[C@H](C(=O)O)C=C2c3ccccc3NC21. The molecule has 0 spiro atoms. The lowest BCUT2D eigenvalue weighted by Crippen LogP contribution is -2.67. The molecule has 5 N–H and O–H groups in total. The number of benzene rings is 1. The molecule has 3 atom stereocenters. The Kier molecular flexibility index (Phi) is 3.76. The molecule has 0 saturated carbocycles. The van der Waals surface area contributed by atoms with Crippen LogP contribution in [0, 0.1) is 0 Å². The molecule has 3 rings (SSSR count). The van der Waals surface area contributed by atoms with Crippen molar-refractivity contribution in [3.63, 3.8) is 0 Å². The Bertz CT molecular complexity index is 759. The maximum absolute atomic E-state index is 12.0. The molecule has 8 nitrogen and oxygen atoms in total. The van der Waals surface area contributed by atoms with E-state index in [4.69, 9.17) is 5.11 Å². The van der Waals surface area contributed by atoms with Crippen molar-refractivity contribution in [1.29, 1.82) is 0 Å². The average Bonchev–Trinajstić information content (AvgIpc) is 2.91. The van der Waals surface area contributed by atoms with Crippen molar-refractivity contribution in [2.75, 3.05) is 5.32 Å². The minimum Gasteiger partial charge on any atom is -0.481 e. The molecule has 8 heteroatoms.